The number of aryl methyl sites for hydroxylation is 3. The van der Waals surface area contributed by atoms with E-state index < -0.39 is 0 Å². The van der Waals surface area contributed by atoms with Crippen LogP contribution >= 0.6 is 0 Å². The van der Waals surface area contributed by atoms with E-state index in [1.54, 1.807) is 29.4 Å². The van der Waals surface area contributed by atoms with Gasteiger partial charge in [0, 0.05) is 37.5 Å². The molecule has 1 aromatic heterocycles. The Balaban J connectivity index is 1.54. The molecule has 0 spiro atoms. The standard InChI is InChI=1S/C22H26N4O2/c1-15-13-17(3)19(14-16(15)2)5-6-20(27)26-11-7-18(8-12-26)21(28)25-22-23-9-4-10-24-22/h4-6,9-10,13-14,18H,7-8,11-12H2,1-3H3,(H,23,24,25,28)/b6-5-. The fourth-order valence-electron chi connectivity index (χ4n) is 3.37. The first-order chi connectivity index (χ1) is 13.4. The molecular weight excluding hydrogens is 352 g/mol. The number of hydrogen-bond donors (Lipinski definition) is 1. The molecule has 0 radical (unpaired) electrons. The van der Waals surface area contributed by atoms with E-state index in [0.717, 1.165) is 11.1 Å². The van der Waals surface area contributed by atoms with Crippen LogP contribution in [-0.2, 0) is 9.59 Å². The van der Waals surface area contributed by atoms with Crippen molar-refractivity contribution < 1.29 is 9.59 Å². The number of piperidine rings is 1. The Hall–Kier alpha value is -3.02. The van der Waals surface area contributed by atoms with Gasteiger partial charge in [0.05, 0.1) is 0 Å². The van der Waals surface area contributed by atoms with Crippen LogP contribution in [-0.4, -0.2) is 39.8 Å². The number of hydrogen-bond acceptors (Lipinski definition) is 4. The largest absolute Gasteiger partial charge is 0.339 e. The van der Waals surface area contributed by atoms with Crippen LogP contribution < -0.4 is 5.32 Å². The summed E-state index contributed by atoms with van der Waals surface area (Å²) in [5, 5.41) is 2.74. The van der Waals surface area contributed by atoms with Gasteiger partial charge in [-0.05, 0) is 68.0 Å². The molecule has 0 atom stereocenters. The minimum absolute atomic E-state index is 0.0112. The third kappa shape index (κ3) is 4.82. The molecule has 1 aliphatic rings. The molecule has 3 rings (SSSR count). The molecule has 1 saturated heterocycles. The van der Waals surface area contributed by atoms with Crippen molar-refractivity contribution in [3.05, 3.63) is 58.9 Å². The number of carbonyl (C=O) groups excluding carboxylic acids is 2. The van der Waals surface area contributed by atoms with Crippen LogP contribution in [0.1, 0.15) is 35.1 Å². The molecule has 0 aliphatic carbocycles. The van der Waals surface area contributed by atoms with Gasteiger partial charge in [0.1, 0.15) is 0 Å². The lowest BCUT2D eigenvalue weighted by Crippen LogP contribution is -2.40. The first kappa shape index (κ1) is 19.7. The Morgan fingerprint density at radius 3 is 2.36 bits per heavy atom. The first-order valence-electron chi connectivity index (χ1n) is 9.57. The second-order valence-corrected chi connectivity index (χ2v) is 7.29. The Bertz CT molecular complexity index is 885. The summed E-state index contributed by atoms with van der Waals surface area (Å²) < 4.78 is 0. The van der Waals surface area contributed by atoms with Crippen molar-refractivity contribution in [1.29, 1.82) is 0 Å². The molecule has 6 nitrogen and oxygen atoms in total. The smallest absolute Gasteiger partial charge is 0.246 e. The summed E-state index contributed by atoms with van der Waals surface area (Å²) in [6.07, 6.45) is 7.98. The molecule has 1 aromatic carbocycles. The fraction of sp³-hybridized carbons (Fsp3) is 0.364. The summed E-state index contributed by atoms with van der Waals surface area (Å²) in [6.45, 7) is 7.36. The molecule has 146 valence electrons. The molecule has 1 aliphatic heterocycles. The summed E-state index contributed by atoms with van der Waals surface area (Å²) in [6, 6.07) is 5.95. The lowest BCUT2D eigenvalue weighted by Gasteiger charge is -2.30. The predicted molar refractivity (Wildman–Crippen MR) is 110 cm³/mol. The van der Waals surface area contributed by atoms with E-state index in [2.05, 4.69) is 48.2 Å². The molecule has 6 heteroatoms. The Labute approximate surface area is 165 Å². The minimum atomic E-state index is -0.126. The van der Waals surface area contributed by atoms with Crippen LogP contribution in [0.2, 0.25) is 0 Å². The maximum absolute atomic E-state index is 12.5. The number of rotatable bonds is 4. The van der Waals surface area contributed by atoms with Gasteiger partial charge < -0.3 is 4.90 Å². The monoisotopic (exact) mass is 378 g/mol. The van der Waals surface area contributed by atoms with Crippen molar-refractivity contribution in [3.8, 4) is 0 Å². The van der Waals surface area contributed by atoms with Crippen molar-refractivity contribution in [1.82, 2.24) is 14.9 Å². The molecule has 0 bridgehead atoms. The van der Waals surface area contributed by atoms with E-state index in [4.69, 9.17) is 0 Å². The molecular formula is C22H26N4O2. The molecule has 2 heterocycles. The highest BCUT2D eigenvalue weighted by Crippen LogP contribution is 2.20. The number of amides is 2. The van der Waals surface area contributed by atoms with Gasteiger partial charge in [-0.25, -0.2) is 9.97 Å². The second-order valence-electron chi connectivity index (χ2n) is 7.29. The summed E-state index contributed by atoms with van der Waals surface area (Å²) in [7, 11) is 0. The van der Waals surface area contributed by atoms with E-state index >= 15 is 0 Å². The highest BCUT2D eigenvalue weighted by atomic mass is 16.2. The van der Waals surface area contributed by atoms with Gasteiger partial charge in [-0.3, -0.25) is 14.9 Å². The van der Waals surface area contributed by atoms with Gasteiger partial charge in [0.25, 0.3) is 0 Å². The zero-order valence-corrected chi connectivity index (χ0v) is 16.6. The summed E-state index contributed by atoms with van der Waals surface area (Å²) in [4.78, 5) is 34.7. The second kappa shape index (κ2) is 8.78. The highest BCUT2D eigenvalue weighted by molar-refractivity contribution is 5.93. The molecule has 1 fully saturated rings. The van der Waals surface area contributed by atoms with E-state index in [-0.39, 0.29) is 17.7 Å². The highest BCUT2D eigenvalue weighted by Gasteiger charge is 2.27. The average molecular weight is 378 g/mol. The van der Waals surface area contributed by atoms with Crippen LogP contribution in [0.15, 0.2) is 36.7 Å². The van der Waals surface area contributed by atoms with Gasteiger partial charge in [-0.1, -0.05) is 12.1 Å². The maximum atomic E-state index is 12.5. The van der Waals surface area contributed by atoms with Gasteiger partial charge in [-0.15, -0.1) is 0 Å². The minimum Gasteiger partial charge on any atom is -0.339 e. The third-order valence-electron chi connectivity index (χ3n) is 5.27. The first-order valence-corrected chi connectivity index (χ1v) is 9.57. The summed E-state index contributed by atoms with van der Waals surface area (Å²) in [5.74, 6) is 0.0963. The van der Waals surface area contributed by atoms with E-state index in [1.165, 1.54) is 11.1 Å². The number of nitrogens with zero attached hydrogens (tertiary/aromatic N) is 3. The molecule has 2 amide bonds. The van der Waals surface area contributed by atoms with Crippen LogP contribution in [0.3, 0.4) is 0 Å². The SMILES string of the molecule is Cc1cc(C)c(/C=C\C(=O)N2CCC(C(=O)Nc3ncccn3)CC2)cc1C. The Morgan fingerprint density at radius 1 is 1.04 bits per heavy atom. The van der Waals surface area contributed by atoms with Crippen LogP contribution in [0.4, 0.5) is 5.95 Å². The van der Waals surface area contributed by atoms with Crippen molar-refractivity contribution >= 4 is 23.8 Å². The molecule has 2 aromatic rings. The zero-order chi connectivity index (χ0) is 20.1. The van der Waals surface area contributed by atoms with Crippen LogP contribution in [0.5, 0.6) is 0 Å². The van der Waals surface area contributed by atoms with Crippen LogP contribution in [0, 0.1) is 26.7 Å². The van der Waals surface area contributed by atoms with Crippen molar-refractivity contribution in [2.45, 2.75) is 33.6 Å². The number of aromatic nitrogens is 2. The molecule has 0 unspecified atom stereocenters. The number of anilines is 1. The van der Waals surface area contributed by atoms with Gasteiger partial charge >= 0.3 is 0 Å². The van der Waals surface area contributed by atoms with E-state index in [1.807, 2.05) is 6.08 Å². The van der Waals surface area contributed by atoms with E-state index in [0.29, 0.717) is 31.9 Å². The maximum Gasteiger partial charge on any atom is 0.246 e. The van der Waals surface area contributed by atoms with E-state index in [9.17, 15) is 9.59 Å². The van der Waals surface area contributed by atoms with Crippen molar-refractivity contribution in [2.24, 2.45) is 5.92 Å². The average Bonchev–Trinajstić information content (AvgIpc) is 2.70. The van der Waals surface area contributed by atoms with Gasteiger partial charge in [0.15, 0.2) is 0 Å². The Morgan fingerprint density at radius 2 is 1.68 bits per heavy atom. The molecule has 0 saturated carbocycles. The molecule has 28 heavy (non-hydrogen) atoms. The lowest BCUT2D eigenvalue weighted by molar-refractivity contribution is -0.130. The van der Waals surface area contributed by atoms with Crippen molar-refractivity contribution in [3.63, 3.8) is 0 Å². The summed E-state index contributed by atoms with van der Waals surface area (Å²) in [5.41, 5.74) is 4.69. The number of benzene rings is 1. The van der Waals surface area contributed by atoms with Gasteiger partial charge in [-0.2, -0.15) is 0 Å². The quantitative estimate of drug-likeness (QED) is 0.829. The number of likely N-dealkylation sites (tertiary alicyclic amines) is 1. The molecule has 1 N–H and O–H groups in total. The third-order valence-corrected chi connectivity index (χ3v) is 5.27. The summed E-state index contributed by atoms with van der Waals surface area (Å²) >= 11 is 0. The van der Waals surface area contributed by atoms with Crippen LogP contribution in [0.25, 0.3) is 6.08 Å². The predicted octanol–water partition coefficient (Wildman–Crippen LogP) is 3.29. The Kier molecular flexibility index (Phi) is 6.19. The number of carbonyl (C=O) groups is 2. The van der Waals surface area contributed by atoms with Gasteiger partial charge in [0.2, 0.25) is 17.8 Å². The fourth-order valence-corrected chi connectivity index (χ4v) is 3.37. The number of nitrogens with one attached hydrogen (secondary N) is 1. The zero-order valence-electron chi connectivity index (χ0n) is 16.6. The topological polar surface area (TPSA) is 75.2 Å². The normalized spacial score (nSPS) is 15.0. The van der Waals surface area contributed by atoms with Crippen molar-refractivity contribution in [2.75, 3.05) is 18.4 Å². The lowest BCUT2D eigenvalue weighted by atomic mass is 9.95.